The minimum atomic E-state index is -4.68. The normalized spacial score (nSPS) is 14.9. The third kappa shape index (κ3) is 6.65. The van der Waals surface area contributed by atoms with E-state index in [-0.39, 0.29) is 38.4 Å². The second-order valence-corrected chi connectivity index (χ2v) is 12.1. The summed E-state index contributed by atoms with van der Waals surface area (Å²) in [6.07, 6.45) is -3.17. The molecule has 240 valence electrons. The van der Waals surface area contributed by atoms with Crippen molar-refractivity contribution in [1.29, 1.82) is 0 Å². The van der Waals surface area contributed by atoms with Gasteiger partial charge in [0.1, 0.15) is 17.2 Å². The lowest BCUT2D eigenvalue weighted by Crippen LogP contribution is -2.39. The Balaban J connectivity index is 1.38. The molecule has 0 radical (unpaired) electrons. The number of allylic oxidation sites excluding steroid dienone is 1. The van der Waals surface area contributed by atoms with E-state index < -0.39 is 29.4 Å². The number of carbonyl (C=O) groups excluding carboxylic acids is 1. The largest absolute Gasteiger partial charge is 0.497 e. The van der Waals surface area contributed by atoms with Crippen LogP contribution in [0.3, 0.4) is 0 Å². The number of thiazole rings is 1. The Kier molecular flexibility index (Phi) is 8.88. The molecule has 0 aliphatic carbocycles. The molecular formula is C33H25F3N4O5S2. The fourth-order valence-corrected chi connectivity index (χ4v) is 6.75. The zero-order chi connectivity index (χ0) is 33.3. The molecule has 0 N–H and O–H groups in total. The number of esters is 1. The maximum absolute atomic E-state index is 13.9. The van der Waals surface area contributed by atoms with Crippen molar-refractivity contribution < 1.29 is 31.9 Å². The Labute approximate surface area is 273 Å². The first kappa shape index (κ1) is 32.0. The van der Waals surface area contributed by atoms with Crippen molar-refractivity contribution in [2.75, 3.05) is 13.7 Å². The van der Waals surface area contributed by atoms with E-state index in [1.807, 2.05) is 0 Å². The average molecular weight is 679 g/mol. The van der Waals surface area contributed by atoms with E-state index in [0.717, 1.165) is 29.2 Å². The molecule has 47 heavy (non-hydrogen) atoms. The van der Waals surface area contributed by atoms with Gasteiger partial charge >= 0.3 is 12.1 Å². The van der Waals surface area contributed by atoms with Gasteiger partial charge in [-0.3, -0.25) is 9.36 Å². The molecule has 0 unspecified atom stereocenters. The molecule has 1 atom stereocenters. The van der Waals surface area contributed by atoms with Crippen LogP contribution < -0.4 is 19.6 Å². The van der Waals surface area contributed by atoms with Gasteiger partial charge in [0.05, 0.1) is 41.3 Å². The van der Waals surface area contributed by atoms with E-state index >= 15 is 0 Å². The number of hydrogen-bond acceptors (Lipinski definition) is 10. The van der Waals surface area contributed by atoms with Crippen LogP contribution >= 0.6 is 23.1 Å². The molecule has 1 aliphatic rings. The number of halogens is 3. The van der Waals surface area contributed by atoms with Crippen LogP contribution in [0, 0.1) is 0 Å². The van der Waals surface area contributed by atoms with Crippen molar-refractivity contribution in [2.45, 2.75) is 36.3 Å². The predicted molar refractivity (Wildman–Crippen MR) is 169 cm³/mol. The van der Waals surface area contributed by atoms with Gasteiger partial charge in [0.15, 0.2) is 15.1 Å². The number of aromatic nitrogens is 3. The minimum absolute atomic E-state index is 0.117. The lowest BCUT2D eigenvalue weighted by molar-refractivity contribution is -0.141. The summed E-state index contributed by atoms with van der Waals surface area (Å²) in [7, 11) is 1.52. The number of rotatable bonds is 8. The van der Waals surface area contributed by atoms with E-state index in [4.69, 9.17) is 13.9 Å². The fourth-order valence-electron chi connectivity index (χ4n) is 4.98. The maximum Gasteiger partial charge on any atom is 0.433 e. The van der Waals surface area contributed by atoms with Crippen LogP contribution in [0.1, 0.15) is 36.9 Å². The highest BCUT2D eigenvalue weighted by atomic mass is 32.2. The fraction of sp³-hybridized carbons (Fsp3) is 0.182. The summed E-state index contributed by atoms with van der Waals surface area (Å²) < 4.78 is 59.4. The lowest BCUT2D eigenvalue weighted by atomic mass is 9.95. The van der Waals surface area contributed by atoms with Crippen LogP contribution in [0.5, 0.6) is 5.75 Å². The number of alkyl halides is 3. The van der Waals surface area contributed by atoms with Crippen molar-refractivity contribution in [3.05, 3.63) is 121 Å². The van der Waals surface area contributed by atoms with E-state index in [1.165, 1.54) is 17.8 Å². The van der Waals surface area contributed by atoms with Gasteiger partial charge < -0.3 is 13.9 Å². The average Bonchev–Trinajstić information content (AvgIpc) is 3.62. The predicted octanol–water partition coefficient (Wildman–Crippen LogP) is 6.03. The van der Waals surface area contributed by atoms with E-state index in [0.29, 0.717) is 27.4 Å². The van der Waals surface area contributed by atoms with Gasteiger partial charge in [0.2, 0.25) is 0 Å². The second kappa shape index (κ2) is 13.0. The number of ether oxygens (including phenoxy) is 2. The molecule has 1 aliphatic heterocycles. The third-order valence-corrected chi connectivity index (χ3v) is 8.83. The number of fused-ring (bicyclic) bond motifs is 1. The highest BCUT2D eigenvalue weighted by Gasteiger charge is 2.35. The number of benzene rings is 2. The second-order valence-electron chi connectivity index (χ2n) is 10.1. The van der Waals surface area contributed by atoms with Crippen molar-refractivity contribution in [1.82, 2.24) is 14.5 Å². The summed E-state index contributed by atoms with van der Waals surface area (Å²) in [5, 5.41) is 0.0660. The van der Waals surface area contributed by atoms with Crippen LogP contribution in [-0.2, 0) is 15.7 Å². The van der Waals surface area contributed by atoms with E-state index in [1.54, 1.807) is 80.6 Å². The van der Waals surface area contributed by atoms with E-state index in [2.05, 4.69) is 15.0 Å². The SMILES string of the molecule is CCOC(=O)C1=C(C)N=c2s/c(=C/c3ccc(Sc4nc(-c5ccccc5)cc(C(F)(F)F)n4)o3)c(=O)n2[C@H]1c1cccc(OC)c1. The summed E-state index contributed by atoms with van der Waals surface area (Å²) in [5.41, 5.74) is 0.392. The molecule has 0 saturated heterocycles. The minimum Gasteiger partial charge on any atom is -0.497 e. The summed E-state index contributed by atoms with van der Waals surface area (Å²) in [6, 6.07) is 18.8. The Morgan fingerprint density at radius 1 is 1.09 bits per heavy atom. The summed E-state index contributed by atoms with van der Waals surface area (Å²) >= 11 is 1.93. The third-order valence-electron chi connectivity index (χ3n) is 7.06. The molecule has 0 spiro atoms. The number of nitrogens with zero attached hydrogens (tertiary/aromatic N) is 4. The van der Waals surface area contributed by atoms with E-state index in [9.17, 15) is 22.8 Å². The van der Waals surface area contributed by atoms with Gasteiger partial charge in [0.25, 0.3) is 5.56 Å². The monoisotopic (exact) mass is 678 g/mol. The molecule has 14 heteroatoms. The van der Waals surface area contributed by atoms with Crippen molar-refractivity contribution in [3.63, 3.8) is 0 Å². The smallest absolute Gasteiger partial charge is 0.433 e. The van der Waals surface area contributed by atoms with Crippen LogP contribution in [0.15, 0.2) is 109 Å². The molecule has 0 bridgehead atoms. The van der Waals surface area contributed by atoms with Gasteiger partial charge in [-0.25, -0.2) is 19.8 Å². The Bertz CT molecular complexity index is 2190. The van der Waals surface area contributed by atoms with Crippen molar-refractivity contribution in [3.8, 4) is 17.0 Å². The van der Waals surface area contributed by atoms with Gasteiger partial charge in [-0.1, -0.05) is 53.8 Å². The van der Waals surface area contributed by atoms with Crippen LogP contribution in [-0.4, -0.2) is 34.2 Å². The Morgan fingerprint density at radius 2 is 1.87 bits per heavy atom. The molecule has 0 fully saturated rings. The van der Waals surface area contributed by atoms with Gasteiger partial charge in [-0.15, -0.1) is 0 Å². The summed E-state index contributed by atoms with van der Waals surface area (Å²) in [5.74, 6) is 0.229. The first-order valence-electron chi connectivity index (χ1n) is 14.2. The topological polar surface area (TPSA) is 109 Å². The Hall–Kier alpha value is -4.95. The molecule has 0 amide bonds. The standard InChI is InChI=1S/C33H25F3N4O5S2/c1-4-44-30(42)27-18(2)37-32-40(28(27)20-11-8-12-21(15-20)43-3)29(41)24(46-32)16-22-13-14-26(45-22)47-31-38-23(19-9-6-5-7-10-19)17-25(39-31)33(34,35)36/h5-17,28H,4H2,1-3H3/b24-16+/t28-/m0/s1. The van der Waals surface area contributed by atoms with Crippen molar-refractivity contribution >= 4 is 35.1 Å². The Morgan fingerprint density at radius 3 is 2.60 bits per heavy atom. The zero-order valence-corrected chi connectivity index (χ0v) is 26.7. The summed E-state index contributed by atoms with van der Waals surface area (Å²) in [6.45, 7) is 3.52. The number of hydrogen-bond donors (Lipinski definition) is 0. The molecule has 3 aromatic heterocycles. The highest BCUT2D eigenvalue weighted by molar-refractivity contribution is 7.99. The zero-order valence-electron chi connectivity index (χ0n) is 25.1. The van der Waals surface area contributed by atoms with Gasteiger partial charge in [-0.05, 0) is 61.5 Å². The number of methoxy groups -OCH3 is 1. The number of carbonyl (C=O) groups is 1. The first-order valence-corrected chi connectivity index (χ1v) is 15.8. The van der Waals surface area contributed by atoms with Gasteiger partial charge in [0, 0.05) is 11.6 Å². The van der Waals surface area contributed by atoms with Crippen LogP contribution in [0.2, 0.25) is 0 Å². The van der Waals surface area contributed by atoms with Crippen LogP contribution in [0.25, 0.3) is 17.3 Å². The molecule has 2 aromatic carbocycles. The maximum atomic E-state index is 13.9. The van der Waals surface area contributed by atoms with Gasteiger partial charge in [-0.2, -0.15) is 13.2 Å². The van der Waals surface area contributed by atoms with Crippen LogP contribution in [0.4, 0.5) is 13.2 Å². The summed E-state index contributed by atoms with van der Waals surface area (Å²) in [4.78, 5) is 40.0. The molecule has 9 nitrogen and oxygen atoms in total. The molecular weight excluding hydrogens is 654 g/mol. The number of furan rings is 1. The molecule has 5 aromatic rings. The first-order chi connectivity index (χ1) is 22.5. The molecule has 4 heterocycles. The quantitative estimate of drug-likeness (QED) is 0.145. The lowest BCUT2D eigenvalue weighted by Gasteiger charge is -2.24. The molecule has 6 rings (SSSR count). The highest BCUT2D eigenvalue weighted by Crippen LogP contribution is 2.35. The van der Waals surface area contributed by atoms with Crippen molar-refractivity contribution in [2.24, 2.45) is 4.99 Å². The molecule has 0 saturated carbocycles.